The lowest BCUT2D eigenvalue weighted by molar-refractivity contribution is 0.279. The van der Waals surface area contributed by atoms with Crippen molar-refractivity contribution in [3.63, 3.8) is 0 Å². The van der Waals surface area contributed by atoms with E-state index in [1.807, 2.05) is 6.20 Å². The molecule has 100 valence electrons. The monoisotopic (exact) mass is 247 g/mol. The molecule has 2 rings (SSSR count). The van der Waals surface area contributed by atoms with Gasteiger partial charge >= 0.3 is 0 Å². The molecule has 3 heteroatoms. The molecule has 0 unspecified atom stereocenters. The molecule has 2 heterocycles. The lowest BCUT2D eigenvalue weighted by Gasteiger charge is -2.37. The predicted molar refractivity (Wildman–Crippen MR) is 76.8 cm³/mol. The molecule has 0 amide bonds. The van der Waals surface area contributed by atoms with E-state index >= 15 is 0 Å². The van der Waals surface area contributed by atoms with Gasteiger partial charge in [-0.15, -0.1) is 0 Å². The van der Waals surface area contributed by atoms with Crippen LogP contribution in [-0.2, 0) is 6.54 Å². The first-order valence-corrected chi connectivity index (χ1v) is 7.01. The topological polar surface area (TPSA) is 28.2 Å². The van der Waals surface area contributed by atoms with Gasteiger partial charge < -0.3 is 10.2 Å². The molecule has 1 aliphatic rings. The van der Waals surface area contributed by atoms with Crippen LogP contribution >= 0.6 is 0 Å². The van der Waals surface area contributed by atoms with E-state index in [0.29, 0.717) is 5.41 Å². The molecule has 1 aromatic heterocycles. The van der Waals surface area contributed by atoms with Gasteiger partial charge in [-0.05, 0) is 36.4 Å². The maximum Gasteiger partial charge on any atom is 0.128 e. The number of nitrogens with zero attached hydrogens (tertiary/aromatic N) is 2. The number of anilines is 1. The van der Waals surface area contributed by atoms with E-state index in [0.717, 1.165) is 32.0 Å². The third kappa shape index (κ3) is 3.45. The van der Waals surface area contributed by atoms with Crippen molar-refractivity contribution < 1.29 is 0 Å². The van der Waals surface area contributed by atoms with Crippen LogP contribution in [0.2, 0.25) is 0 Å². The molecule has 0 aliphatic carbocycles. The van der Waals surface area contributed by atoms with Gasteiger partial charge in [0, 0.05) is 25.8 Å². The summed E-state index contributed by atoms with van der Waals surface area (Å²) in [5.74, 6) is 1.13. The second kappa shape index (κ2) is 5.70. The van der Waals surface area contributed by atoms with E-state index in [1.165, 1.54) is 18.4 Å². The maximum atomic E-state index is 4.59. The summed E-state index contributed by atoms with van der Waals surface area (Å²) >= 11 is 0. The third-order valence-electron chi connectivity index (χ3n) is 3.83. The third-order valence-corrected chi connectivity index (χ3v) is 3.83. The molecule has 0 bridgehead atoms. The Kier molecular flexibility index (Phi) is 4.23. The summed E-state index contributed by atoms with van der Waals surface area (Å²) < 4.78 is 0. The number of nitrogens with one attached hydrogen (secondary N) is 1. The van der Waals surface area contributed by atoms with Gasteiger partial charge in [0.15, 0.2) is 0 Å². The molecule has 0 saturated carbocycles. The average Bonchev–Trinajstić information content (AvgIpc) is 2.37. The molecule has 1 saturated heterocycles. The molecule has 3 nitrogen and oxygen atoms in total. The zero-order chi connectivity index (χ0) is 13.0. The number of rotatable bonds is 4. The van der Waals surface area contributed by atoms with Crippen LogP contribution in [-0.4, -0.2) is 24.6 Å². The zero-order valence-corrected chi connectivity index (χ0v) is 11.9. The molecule has 0 radical (unpaired) electrons. The summed E-state index contributed by atoms with van der Waals surface area (Å²) in [6, 6.07) is 4.34. The van der Waals surface area contributed by atoms with Crippen LogP contribution in [0.1, 0.15) is 39.2 Å². The van der Waals surface area contributed by atoms with Crippen LogP contribution in [0.3, 0.4) is 0 Å². The molecule has 1 fully saturated rings. The van der Waals surface area contributed by atoms with Crippen LogP contribution < -0.4 is 10.2 Å². The highest BCUT2D eigenvalue weighted by molar-refractivity contribution is 5.39. The quantitative estimate of drug-likeness (QED) is 0.887. The van der Waals surface area contributed by atoms with Crippen molar-refractivity contribution in [2.75, 3.05) is 24.5 Å². The first kappa shape index (κ1) is 13.3. The van der Waals surface area contributed by atoms with E-state index in [1.54, 1.807) is 0 Å². The van der Waals surface area contributed by atoms with E-state index in [-0.39, 0.29) is 0 Å². The molecular weight excluding hydrogens is 222 g/mol. The van der Waals surface area contributed by atoms with Crippen molar-refractivity contribution >= 4 is 5.82 Å². The minimum atomic E-state index is 0.501. The molecular formula is C15H25N3. The SMILES string of the molecule is CCNCc1ccc(N2CCC(C)(C)CC2)nc1. The maximum absolute atomic E-state index is 4.59. The van der Waals surface area contributed by atoms with Crippen molar-refractivity contribution in [2.24, 2.45) is 5.41 Å². The summed E-state index contributed by atoms with van der Waals surface area (Å²) in [6.45, 7) is 11.0. The number of pyridine rings is 1. The smallest absolute Gasteiger partial charge is 0.128 e. The summed E-state index contributed by atoms with van der Waals surface area (Å²) in [5, 5.41) is 3.32. The minimum absolute atomic E-state index is 0.501. The number of hydrogen-bond donors (Lipinski definition) is 1. The van der Waals surface area contributed by atoms with Crippen molar-refractivity contribution in [3.8, 4) is 0 Å². The highest BCUT2D eigenvalue weighted by Gasteiger charge is 2.25. The summed E-state index contributed by atoms with van der Waals surface area (Å²) in [4.78, 5) is 6.99. The predicted octanol–water partition coefficient (Wildman–Crippen LogP) is 2.82. The second-order valence-electron chi connectivity index (χ2n) is 5.96. The van der Waals surface area contributed by atoms with Gasteiger partial charge in [0.1, 0.15) is 5.82 Å². The Morgan fingerprint density at radius 3 is 2.56 bits per heavy atom. The normalized spacial score (nSPS) is 18.9. The van der Waals surface area contributed by atoms with Gasteiger partial charge in [0.05, 0.1) is 0 Å². The Bertz CT molecular complexity index is 360. The first-order chi connectivity index (χ1) is 8.61. The Hall–Kier alpha value is -1.09. The van der Waals surface area contributed by atoms with E-state index in [2.05, 4.69) is 48.1 Å². The number of piperidine rings is 1. The lowest BCUT2D eigenvalue weighted by atomic mass is 9.83. The molecule has 0 aromatic carbocycles. The summed E-state index contributed by atoms with van der Waals surface area (Å²) in [5.41, 5.74) is 1.76. The fourth-order valence-electron chi connectivity index (χ4n) is 2.32. The highest BCUT2D eigenvalue weighted by atomic mass is 15.2. The molecule has 1 N–H and O–H groups in total. The van der Waals surface area contributed by atoms with Crippen LogP contribution in [0.25, 0.3) is 0 Å². The van der Waals surface area contributed by atoms with Gasteiger partial charge in [0.25, 0.3) is 0 Å². The van der Waals surface area contributed by atoms with Gasteiger partial charge in [-0.2, -0.15) is 0 Å². The molecule has 0 atom stereocenters. The van der Waals surface area contributed by atoms with Crippen LogP contribution in [0.15, 0.2) is 18.3 Å². The van der Waals surface area contributed by atoms with Crippen molar-refractivity contribution in [3.05, 3.63) is 23.9 Å². The van der Waals surface area contributed by atoms with Gasteiger partial charge in [-0.1, -0.05) is 26.8 Å². The van der Waals surface area contributed by atoms with Gasteiger partial charge in [-0.25, -0.2) is 4.98 Å². The van der Waals surface area contributed by atoms with Crippen molar-refractivity contribution in [1.82, 2.24) is 10.3 Å². The summed E-state index contributed by atoms with van der Waals surface area (Å²) in [6.07, 6.45) is 4.51. The minimum Gasteiger partial charge on any atom is -0.357 e. The fraction of sp³-hybridized carbons (Fsp3) is 0.667. The van der Waals surface area contributed by atoms with Crippen molar-refractivity contribution in [2.45, 2.75) is 40.2 Å². The standard InChI is InChI=1S/C15H25N3/c1-4-16-11-13-5-6-14(17-12-13)18-9-7-15(2,3)8-10-18/h5-6,12,16H,4,7-11H2,1-3H3. The molecule has 1 aromatic rings. The number of hydrogen-bond acceptors (Lipinski definition) is 3. The van der Waals surface area contributed by atoms with Crippen LogP contribution in [0, 0.1) is 5.41 Å². The van der Waals surface area contributed by atoms with Crippen LogP contribution in [0.4, 0.5) is 5.82 Å². The largest absolute Gasteiger partial charge is 0.357 e. The molecule has 18 heavy (non-hydrogen) atoms. The molecule has 0 spiro atoms. The van der Waals surface area contributed by atoms with Gasteiger partial charge in [0.2, 0.25) is 0 Å². The first-order valence-electron chi connectivity index (χ1n) is 7.01. The van der Waals surface area contributed by atoms with E-state index < -0.39 is 0 Å². The van der Waals surface area contributed by atoms with E-state index in [4.69, 9.17) is 0 Å². The Labute approximate surface area is 111 Å². The van der Waals surface area contributed by atoms with Crippen LogP contribution in [0.5, 0.6) is 0 Å². The zero-order valence-electron chi connectivity index (χ0n) is 11.9. The van der Waals surface area contributed by atoms with Gasteiger partial charge in [-0.3, -0.25) is 0 Å². The second-order valence-corrected chi connectivity index (χ2v) is 5.96. The average molecular weight is 247 g/mol. The Balaban J connectivity index is 1.94. The number of aromatic nitrogens is 1. The summed E-state index contributed by atoms with van der Waals surface area (Å²) in [7, 11) is 0. The molecule has 1 aliphatic heterocycles. The Morgan fingerprint density at radius 1 is 1.28 bits per heavy atom. The highest BCUT2D eigenvalue weighted by Crippen LogP contribution is 2.31. The fourth-order valence-corrected chi connectivity index (χ4v) is 2.32. The van der Waals surface area contributed by atoms with E-state index in [9.17, 15) is 0 Å². The Morgan fingerprint density at radius 2 is 2.00 bits per heavy atom. The van der Waals surface area contributed by atoms with Crippen molar-refractivity contribution in [1.29, 1.82) is 0 Å². The lowest BCUT2D eigenvalue weighted by Crippen LogP contribution is -2.37.